The highest BCUT2D eigenvalue weighted by molar-refractivity contribution is 6.61. The number of hydrogen-bond donors (Lipinski definition) is 0. The predicted molar refractivity (Wildman–Crippen MR) is 63.7 cm³/mol. The lowest BCUT2D eigenvalue weighted by molar-refractivity contribution is 0.00578. The zero-order valence-electron chi connectivity index (χ0n) is 16.8. The molecule has 88 valence electrons. The average Bonchev–Trinajstić information content (AvgIpc) is 2.73. The van der Waals surface area contributed by atoms with E-state index in [2.05, 4.69) is 5.10 Å². The lowest BCUT2D eigenvalue weighted by Gasteiger charge is -2.32. The van der Waals surface area contributed by atoms with Crippen LogP contribution in [0.15, 0.2) is 6.17 Å². The molecule has 0 atom stereocenters. The number of nitrogens with zero attached hydrogens (tertiary/aromatic N) is 2. The summed E-state index contributed by atoms with van der Waals surface area (Å²) in [5.74, 6) is 0. The molecule has 2 heterocycles. The van der Waals surface area contributed by atoms with Crippen molar-refractivity contribution in [2.45, 2.75) is 45.7 Å². The SMILES string of the molecule is [2H]c1c(C([2H])([2H])[2H])c(B2OC(C)(C)C(C)(C)O2)nn1C([2H])([2H])[2H]. The van der Waals surface area contributed by atoms with E-state index in [0.29, 0.717) is 4.68 Å². The molecule has 1 aliphatic heterocycles. The minimum absolute atomic E-state index is 0.190. The van der Waals surface area contributed by atoms with E-state index in [1.54, 1.807) is 27.7 Å². The van der Waals surface area contributed by atoms with E-state index in [1.165, 1.54) is 0 Å². The number of hydrogen-bond acceptors (Lipinski definition) is 3. The van der Waals surface area contributed by atoms with Crippen LogP contribution < -0.4 is 5.59 Å². The first-order valence-electron chi connectivity index (χ1n) is 8.54. The summed E-state index contributed by atoms with van der Waals surface area (Å²) in [4.78, 5) is 0. The molecule has 16 heavy (non-hydrogen) atoms. The van der Waals surface area contributed by atoms with Crippen LogP contribution in [0, 0.1) is 6.85 Å². The molecule has 1 saturated heterocycles. The molecule has 1 fully saturated rings. The second-order valence-corrected chi connectivity index (χ2v) is 4.87. The molecule has 1 aromatic heterocycles. The molecule has 0 unspecified atom stereocenters. The number of rotatable bonds is 1. The van der Waals surface area contributed by atoms with Crippen LogP contribution in [0.3, 0.4) is 0 Å². The summed E-state index contributed by atoms with van der Waals surface area (Å²) in [7, 11) is -1.15. The first kappa shape index (κ1) is 5.69. The summed E-state index contributed by atoms with van der Waals surface area (Å²) in [6, 6.07) is 0. The molecule has 0 N–H and O–H groups in total. The number of aromatic nitrogens is 2. The third-order valence-corrected chi connectivity index (χ3v) is 3.16. The van der Waals surface area contributed by atoms with Gasteiger partial charge in [0.2, 0.25) is 0 Å². The maximum absolute atomic E-state index is 7.91. The van der Waals surface area contributed by atoms with Crippen molar-refractivity contribution in [2.24, 2.45) is 6.98 Å². The van der Waals surface area contributed by atoms with Crippen LogP contribution in [0.2, 0.25) is 0 Å². The van der Waals surface area contributed by atoms with Gasteiger partial charge in [0.05, 0.1) is 18.2 Å². The van der Waals surface area contributed by atoms with Crippen LogP contribution >= 0.6 is 0 Å². The van der Waals surface area contributed by atoms with Gasteiger partial charge in [-0.15, -0.1) is 0 Å². The van der Waals surface area contributed by atoms with Gasteiger partial charge in [-0.3, -0.25) is 4.68 Å². The van der Waals surface area contributed by atoms with Gasteiger partial charge in [0, 0.05) is 21.4 Å². The summed E-state index contributed by atoms with van der Waals surface area (Å²) in [5, 5.41) is 3.82. The van der Waals surface area contributed by atoms with Crippen LogP contribution in [0.5, 0.6) is 0 Å². The fraction of sp³-hybridized carbons (Fsp3) is 0.727. The summed E-state index contributed by atoms with van der Waals surface area (Å²) < 4.78 is 64.8. The van der Waals surface area contributed by atoms with Crippen LogP contribution in [0.4, 0.5) is 0 Å². The Hall–Kier alpha value is -0.805. The Morgan fingerprint density at radius 2 is 2.00 bits per heavy atom. The highest BCUT2D eigenvalue weighted by Gasteiger charge is 2.53. The van der Waals surface area contributed by atoms with E-state index in [9.17, 15) is 0 Å². The number of aryl methyl sites for hydroxylation is 1. The molecule has 0 aliphatic carbocycles. The fourth-order valence-electron chi connectivity index (χ4n) is 1.47. The molecule has 2 rings (SSSR count). The van der Waals surface area contributed by atoms with Gasteiger partial charge < -0.3 is 9.31 Å². The molecule has 0 radical (unpaired) electrons. The normalized spacial score (nSPS) is 30.8. The minimum Gasteiger partial charge on any atom is -0.398 e. The van der Waals surface area contributed by atoms with Crippen molar-refractivity contribution in [3.63, 3.8) is 0 Å². The smallest absolute Gasteiger partial charge is 0.398 e. The van der Waals surface area contributed by atoms with Gasteiger partial charge >= 0.3 is 7.12 Å². The monoisotopic (exact) mass is 229 g/mol. The molecule has 5 heteroatoms. The molecule has 0 bridgehead atoms. The Labute approximate surface area is 107 Å². The molecule has 0 amide bonds. The van der Waals surface area contributed by atoms with Crippen LogP contribution in [-0.4, -0.2) is 28.1 Å². The average molecular weight is 229 g/mol. The first-order chi connectivity index (χ1) is 10.1. The van der Waals surface area contributed by atoms with Crippen LogP contribution in [0.1, 0.15) is 42.9 Å². The Bertz CT molecular complexity index is 605. The predicted octanol–water partition coefficient (Wildman–Crippen LogP) is 1.03. The van der Waals surface area contributed by atoms with E-state index in [0.717, 1.165) is 0 Å². The van der Waals surface area contributed by atoms with Gasteiger partial charge in [-0.1, -0.05) is 0 Å². The van der Waals surface area contributed by atoms with E-state index in [4.69, 9.17) is 18.9 Å². The largest absolute Gasteiger partial charge is 0.516 e. The highest BCUT2D eigenvalue weighted by atomic mass is 16.7. The maximum atomic E-state index is 7.91. The minimum atomic E-state index is -2.76. The second kappa shape index (κ2) is 3.34. The molecular formula is C11H19BN2O2. The molecule has 0 aromatic carbocycles. The summed E-state index contributed by atoms with van der Waals surface area (Å²) >= 11 is 0. The van der Waals surface area contributed by atoms with Gasteiger partial charge in [0.1, 0.15) is 0 Å². The van der Waals surface area contributed by atoms with Crippen molar-refractivity contribution in [3.8, 4) is 0 Å². The Kier molecular flexibility index (Phi) is 1.19. The summed E-state index contributed by atoms with van der Waals surface area (Å²) in [5.41, 5.74) is -2.14. The third kappa shape index (κ3) is 1.68. The molecule has 0 spiro atoms. The van der Waals surface area contributed by atoms with E-state index in [-0.39, 0.29) is 5.59 Å². The lowest BCUT2D eigenvalue weighted by Crippen LogP contribution is -2.41. The van der Waals surface area contributed by atoms with E-state index >= 15 is 0 Å². The molecule has 4 nitrogen and oxygen atoms in total. The quantitative estimate of drug-likeness (QED) is 0.675. The highest BCUT2D eigenvalue weighted by Crippen LogP contribution is 2.36. The van der Waals surface area contributed by atoms with Crippen molar-refractivity contribution in [1.82, 2.24) is 9.78 Å². The van der Waals surface area contributed by atoms with Crippen molar-refractivity contribution in [3.05, 3.63) is 11.7 Å². The first-order valence-corrected chi connectivity index (χ1v) is 5.04. The standard InChI is InChI=1S/C11H19BN2O2/c1-8-7-14(6)13-9(8)12-15-10(2,3)11(4,5)16-12/h7H,1-6H3/i1D3,6D3,7D. The molecule has 0 saturated carbocycles. The zero-order valence-corrected chi connectivity index (χ0v) is 9.79. The van der Waals surface area contributed by atoms with Crippen molar-refractivity contribution in [1.29, 1.82) is 0 Å². The molecule has 1 aromatic rings. The van der Waals surface area contributed by atoms with Gasteiger partial charge in [0.15, 0.2) is 0 Å². The summed E-state index contributed by atoms with van der Waals surface area (Å²) in [6.45, 7) is 1.65. The lowest BCUT2D eigenvalue weighted by atomic mass is 9.82. The van der Waals surface area contributed by atoms with Crippen LogP contribution in [-0.2, 0) is 16.3 Å². The van der Waals surface area contributed by atoms with Gasteiger partial charge in [0.25, 0.3) is 0 Å². The van der Waals surface area contributed by atoms with E-state index < -0.39 is 43.9 Å². The van der Waals surface area contributed by atoms with Gasteiger partial charge in [-0.2, -0.15) is 5.10 Å². The topological polar surface area (TPSA) is 36.3 Å². The molecular weight excluding hydrogens is 203 g/mol. The van der Waals surface area contributed by atoms with Gasteiger partial charge in [-0.05, 0) is 40.1 Å². The maximum Gasteiger partial charge on any atom is 0.516 e. The molecule has 1 aliphatic rings. The summed E-state index contributed by atoms with van der Waals surface area (Å²) in [6.07, 6.45) is -0.685. The van der Waals surface area contributed by atoms with Gasteiger partial charge in [-0.25, -0.2) is 0 Å². The fourth-order valence-corrected chi connectivity index (χ4v) is 1.47. The Morgan fingerprint density at radius 3 is 2.50 bits per heavy atom. The van der Waals surface area contributed by atoms with Crippen molar-refractivity contribution < 1.29 is 18.9 Å². The van der Waals surface area contributed by atoms with Crippen LogP contribution in [0.25, 0.3) is 0 Å². The zero-order chi connectivity index (χ0) is 18.0. The van der Waals surface area contributed by atoms with Crippen molar-refractivity contribution >= 4 is 12.7 Å². The van der Waals surface area contributed by atoms with E-state index in [1.807, 2.05) is 0 Å². The Balaban J connectivity index is 2.60. The second-order valence-electron chi connectivity index (χ2n) is 4.87. The van der Waals surface area contributed by atoms with Crippen molar-refractivity contribution in [2.75, 3.05) is 0 Å². The Morgan fingerprint density at radius 1 is 1.38 bits per heavy atom. The third-order valence-electron chi connectivity index (χ3n) is 3.16.